The van der Waals surface area contributed by atoms with Crippen LogP contribution < -0.4 is 15.4 Å². The van der Waals surface area contributed by atoms with Gasteiger partial charge in [-0.15, -0.1) is 0 Å². The first-order valence-electron chi connectivity index (χ1n) is 7.46. The van der Waals surface area contributed by atoms with Gasteiger partial charge in [0.2, 0.25) is 5.91 Å². The number of para-hydroxylation sites is 1. The van der Waals surface area contributed by atoms with E-state index in [1.807, 2.05) is 69.3 Å². The first-order chi connectivity index (χ1) is 10.6. The predicted octanol–water partition coefficient (Wildman–Crippen LogP) is 3.83. The zero-order valence-electron chi connectivity index (χ0n) is 13.2. The molecule has 0 aliphatic heterocycles. The second-order valence-electron chi connectivity index (χ2n) is 5.13. The number of ether oxygens (including phenoxy) is 1. The zero-order chi connectivity index (χ0) is 15.9. The minimum atomic E-state index is -0.336. The van der Waals surface area contributed by atoms with Crippen molar-refractivity contribution in [1.29, 1.82) is 0 Å². The van der Waals surface area contributed by atoms with Crippen molar-refractivity contribution in [2.24, 2.45) is 0 Å². The number of hydrogen-bond acceptors (Lipinski definition) is 3. The van der Waals surface area contributed by atoms with Gasteiger partial charge in [-0.2, -0.15) is 0 Å². The van der Waals surface area contributed by atoms with Crippen LogP contribution in [0.15, 0.2) is 48.5 Å². The lowest BCUT2D eigenvalue weighted by Crippen LogP contribution is -2.32. The number of hydrogen-bond donors (Lipinski definition) is 2. The summed E-state index contributed by atoms with van der Waals surface area (Å²) >= 11 is 0. The molecule has 4 heteroatoms. The Bertz CT molecular complexity index is 623. The van der Waals surface area contributed by atoms with Crippen molar-refractivity contribution >= 4 is 17.3 Å². The summed E-state index contributed by atoms with van der Waals surface area (Å²) in [6, 6.07) is 15.0. The Morgan fingerprint density at radius 2 is 1.82 bits per heavy atom. The van der Waals surface area contributed by atoms with Crippen molar-refractivity contribution < 1.29 is 9.53 Å². The van der Waals surface area contributed by atoms with Crippen LogP contribution >= 0.6 is 0 Å². The molecule has 0 spiro atoms. The maximum Gasteiger partial charge on any atom is 0.246 e. The molecular formula is C18H22N2O2. The lowest BCUT2D eigenvalue weighted by molar-refractivity contribution is -0.116. The highest BCUT2D eigenvalue weighted by Crippen LogP contribution is 2.17. The van der Waals surface area contributed by atoms with Crippen LogP contribution in [0.4, 0.5) is 11.4 Å². The Morgan fingerprint density at radius 3 is 2.45 bits per heavy atom. The number of carbonyl (C=O) groups is 1. The normalized spacial score (nSPS) is 11.6. The van der Waals surface area contributed by atoms with E-state index in [0.717, 1.165) is 22.7 Å². The number of amides is 1. The van der Waals surface area contributed by atoms with E-state index >= 15 is 0 Å². The lowest BCUT2D eigenvalue weighted by atomic mass is 10.2. The monoisotopic (exact) mass is 298 g/mol. The number of benzene rings is 2. The van der Waals surface area contributed by atoms with E-state index in [0.29, 0.717) is 6.61 Å². The van der Waals surface area contributed by atoms with Crippen molar-refractivity contribution in [3.63, 3.8) is 0 Å². The second kappa shape index (κ2) is 7.50. The van der Waals surface area contributed by atoms with Gasteiger partial charge >= 0.3 is 0 Å². The molecule has 0 aromatic heterocycles. The van der Waals surface area contributed by atoms with Gasteiger partial charge in [-0.25, -0.2) is 0 Å². The third-order valence-corrected chi connectivity index (χ3v) is 3.34. The molecule has 1 unspecified atom stereocenters. The van der Waals surface area contributed by atoms with Crippen LogP contribution in [0.3, 0.4) is 0 Å². The molecule has 2 aromatic rings. The van der Waals surface area contributed by atoms with Crippen molar-refractivity contribution in [2.45, 2.75) is 26.8 Å². The van der Waals surface area contributed by atoms with Gasteiger partial charge in [-0.1, -0.05) is 18.2 Å². The number of carbonyl (C=O) groups excluding carboxylic acids is 1. The van der Waals surface area contributed by atoms with E-state index in [9.17, 15) is 4.79 Å². The van der Waals surface area contributed by atoms with Gasteiger partial charge in [0.15, 0.2) is 0 Å². The fourth-order valence-corrected chi connectivity index (χ4v) is 2.08. The molecular weight excluding hydrogens is 276 g/mol. The van der Waals surface area contributed by atoms with E-state index < -0.39 is 0 Å². The van der Waals surface area contributed by atoms with Crippen LogP contribution in [0, 0.1) is 6.92 Å². The molecule has 1 amide bonds. The molecule has 116 valence electrons. The molecule has 0 fully saturated rings. The smallest absolute Gasteiger partial charge is 0.246 e. The summed E-state index contributed by atoms with van der Waals surface area (Å²) in [5.74, 6) is 0.758. The van der Waals surface area contributed by atoms with E-state index in [2.05, 4.69) is 10.6 Å². The van der Waals surface area contributed by atoms with Crippen LogP contribution in [0.25, 0.3) is 0 Å². The Labute approximate surface area is 131 Å². The third kappa shape index (κ3) is 4.25. The van der Waals surface area contributed by atoms with Crippen LogP contribution in [-0.2, 0) is 4.79 Å². The van der Waals surface area contributed by atoms with Gasteiger partial charge in [-0.3, -0.25) is 4.79 Å². The lowest BCUT2D eigenvalue weighted by Gasteiger charge is -2.16. The predicted molar refractivity (Wildman–Crippen MR) is 90.5 cm³/mol. The molecule has 0 saturated carbocycles. The van der Waals surface area contributed by atoms with Crippen molar-refractivity contribution in [3.05, 3.63) is 54.1 Å². The first-order valence-corrected chi connectivity index (χ1v) is 7.46. The molecule has 2 N–H and O–H groups in total. The topological polar surface area (TPSA) is 50.4 Å². The molecule has 0 aliphatic rings. The van der Waals surface area contributed by atoms with Crippen molar-refractivity contribution in [3.8, 4) is 5.75 Å². The van der Waals surface area contributed by atoms with Crippen LogP contribution in [0.1, 0.15) is 19.4 Å². The summed E-state index contributed by atoms with van der Waals surface area (Å²) in [5, 5.41) is 6.12. The van der Waals surface area contributed by atoms with Crippen LogP contribution in [0.5, 0.6) is 5.75 Å². The third-order valence-electron chi connectivity index (χ3n) is 3.34. The summed E-state index contributed by atoms with van der Waals surface area (Å²) < 4.78 is 5.40. The van der Waals surface area contributed by atoms with E-state index in [-0.39, 0.29) is 11.9 Å². The summed E-state index contributed by atoms with van der Waals surface area (Å²) in [5.41, 5.74) is 2.77. The SMILES string of the molecule is CCOc1ccc(NC(C)C(=O)Nc2ccccc2C)cc1. The summed E-state index contributed by atoms with van der Waals surface area (Å²) in [7, 11) is 0. The zero-order valence-corrected chi connectivity index (χ0v) is 13.2. The number of aryl methyl sites for hydroxylation is 1. The molecule has 0 aliphatic carbocycles. The van der Waals surface area contributed by atoms with E-state index in [1.54, 1.807) is 0 Å². The van der Waals surface area contributed by atoms with Crippen molar-refractivity contribution in [1.82, 2.24) is 0 Å². The number of rotatable bonds is 6. The highest BCUT2D eigenvalue weighted by atomic mass is 16.5. The summed E-state index contributed by atoms with van der Waals surface area (Å²) in [4.78, 5) is 12.2. The minimum Gasteiger partial charge on any atom is -0.494 e. The maximum absolute atomic E-state index is 12.2. The second-order valence-corrected chi connectivity index (χ2v) is 5.13. The van der Waals surface area contributed by atoms with Gasteiger partial charge in [0.05, 0.1) is 6.61 Å². The van der Waals surface area contributed by atoms with Gasteiger partial charge in [0, 0.05) is 11.4 Å². The van der Waals surface area contributed by atoms with Gasteiger partial charge < -0.3 is 15.4 Å². The highest BCUT2D eigenvalue weighted by Gasteiger charge is 2.13. The average Bonchev–Trinajstić information content (AvgIpc) is 2.51. The van der Waals surface area contributed by atoms with Gasteiger partial charge in [-0.05, 0) is 56.7 Å². The minimum absolute atomic E-state index is 0.0665. The fraction of sp³-hybridized carbons (Fsp3) is 0.278. The van der Waals surface area contributed by atoms with Crippen molar-refractivity contribution in [2.75, 3.05) is 17.2 Å². The molecule has 0 saturated heterocycles. The molecule has 0 radical (unpaired) electrons. The Kier molecular flexibility index (Phi) is 5.42. The van der Waals surface area contributed by atoms with Crippen LogP contribution in [0.2, 0.25) is 0 Å². The van der Waals surface area contributed by atoms with Gasteiger partial charge in [0.1, 0.15) is 11.8 Å². The fourth-order valence-electron chi connectivity index (χ4n) is 2.08. The Balaban J connectivity index is 1.95. The molecule has 0 bridgehead atoms. The summed E-state index contributed by atoms with van der Waals surface area (Å²) in [6.45, 7) is 6.40. The maximum atomic E-state index is 12.2. The largest absolute Gasteiger partial charge is 0.494 e. The first kappa shape index (κ1) is 15.9. The molecule has 22 heavy (non-hydrogen) atoms. The average molecular weight is 298 g/mol. The Morgan fingerprint density at radius 1 is 1.14 bits per heavy atom. The summed E-state index contributed by atoms with van der Waals surface area (Å²) in [6.07, 6.45) is 0. The standard InChI is InChI=1S/C18H22N2O2/c1-4-22-16-11-9-15(10-12-16)19-14(3)18(21)20-17-8-6-5-7-13(17)2/h5-12,14,19H,4H2,1-3H3,(H,20,21). The van der Waals surface area contributed by atoms with E-state index in [4.69, 9.17) is 4.74 Å². The quantitative estimate of drug-likeness (QED) is 0.852. The molecule has 1 atom stereocenters. The number of nitrogens with one attached hydrogen (secondary N) is 2. The molecule has 4 nitrogen and oxygen atoms in total. The van der Waals surface area contributed by atoms with Gasteiger partial charge in [0.25, 0.3) is 0 Å². The molecule has 2 rings (SSSR count). The Hall–Kier alpha value is -2.49. The molecule has 0 heterocycles. The van der Waals surface area contributed by atoms with E-state index in [1.165, 1.54) is 0 Å². The highest BCUT2D eigenvalue weighted by molar-refractivity contribution is 5.96. The molecule has 2 aromatic carbocycles. The van der Waals surface area contributed by atoms with Crippen LogP contribution in [-0.4, -0.2) is 18.6 Å². The number of anilines is 2.